The van der Waals surface area contributed by atoms with E-state index in [9.17, 15) is 13.6 Å². The van der Waals surface area contributed by atoms with Gasteiger partial charge < -0.3 is 10.6 Å². The molecule has 94 valence electrons. The van der Waals surface area contributed by atoms with Crippen molar-refractivity contribution < 1.29 is 13.6 Å². The number of halogens is 2. The fourth-order valence-electron chi connectivity index (χ4n) is 1.43. The van der Waals surface area contributed by atoms with Crippen LogP contribution in [0.4, 0.5) is 8.78 Å². The fourth-order valence-corrected chi connectivity index (χ4v) is 1.43. The Balaban J connectivity index is 2.49. The van der Waals surface area contributed by atoms with E-state index in [-0.39, 0.29) is 11.9 Å². The Kier molecular flexibility index (Phi) is 5.03. The normalized spacial score (nSPS) is 12.2. The summed E-state index contributed by atoms with van der Waals surface area (Å²) < 4.78 is 25.7. The number of benzene rings is 1. The minimum absolute atomic E-state index is 0.0602. The van der Waals surface area contributed by atoms with Gasteiger partial charge in [-0.2, -0.15) is 0 Å². The summed E-state index contributed by atoms with van der Waals surface area (Å²) in [5.41, 5.74) is 0.654. The van der Waals surface area contributed by atoms with Gasteiger partial charge in [-0.05, 0) is 24.6 Å². The number of carbonyl (C=O) groups excluding carboxylic acids is 1. The second kappa shape index (κ2) is 6.30. The van der Waals surface area contributed by atoms with Crippen LogP contribution < -0.4 is 10.6 Å². The predicted octanol–water partition coefficient (Wildman–Crippen LogP) is 1.75. The van der Waals surface area contributed by atoms with Crippen molar-refractivity contribution in [1.82, 2.24) is 10.6 Å². The molecular formula is C12H16F2N2O. The Hall–Kier alpha value is -1.49. The molecule has 3 nitrogen and oxygen atoms in total. The molecule has 1 unspecified atom stereocenters. The van der Waals surface area contributed by atoms with Crippen molar-refractivity contribution >= 4 is 5.91 Å². The summed E-state index contributed by atoms with van der Waals surface area (Å²) in [7, 11) is 1.57. The highest BCUT2D eigenvalue weighted by Gasteiger charge is 2.09. The maximum atomic E-state index is 13.0. The zero-order chi connectivity index (χ0) is 12.8. The van der Waals surface area contributed by atoms with E-state index < -0.39 is 11.6 Å². The molecule has 1 aromatic rings. The van der Waals surface area contributed by atoms with Crippen molar-refractivity contribution in [1.29, 1.82) is 0 Å². The van der Waals surface area contributed by atoms with Gasteiger partial charge in [0.15, 0.2) is 11.6 Å². The third-order valence-corrected chi connectivity index (χ3v) is 2.53. The van der Waals surface area contributed by atoms with Gasteiger partial charge in [-0.1, -0.05) is 6.07 Å². The minimum atomic E-state index is -0.859. The third-order valence-electron chi connectivity index (χ3n) is 2.53. The summed E-state index contributed by atoms with van der Waals surface area (Å²) in [5.74, 6) is -1.77. The molecule has 0 aliphatic heterocycles. The molecule has 0 fully saturated rings. The zero-order valence-electron chi connectivity index (χ0n) is 9.89. The second-order valence-corrected chi connectivity index (χ2v) is 3.77. The van der Waals surface area contributed by atoms with Crippen molar-refractivity contribution in [2.45, 2.75) is 19.4 Å². The lowest BCUT2D eigenvalue weighted by Gasteiger charge is -2.14. The van der Waals surface area contributed by atoms with Crippen LogP contribution in [0.1, 0.15) is 24.9 Å². The van der Waals surface area contributed by atoms with E-state index in [1.165, 1.54) is 6.07 Å². The van der Waals surface area contributed by atoms with E-state index >= 15 is 0 Å². The Morgan fingerprint density at radius 1 is 1.35 bits per heavy atom. The molecule has 1 aromatic carbocycles. The summed E-state index contributed by atoms with van der Waals surface area (Å²) in [6.07, 6.45) is 0.352. The maximum Gasteiger partial charge on any atom is 0.221 e. The van der Waals surface area contributed by atoms with E-state index in [1.54, 1.807) is 7.05 Å². The van der Waals surface area contributed by atoms with Crippen LogP contribution in [0.5, 0.6) is 0 Å². The van der Waals surface area contributed by atoms with Gasteiger partial charge >= 0.3 is 0 Å². The van der Waals surface area contributed by atoms with Crippen LogP contribution in [0.3, 0.4) is 0 Å². The summed E-state index contributed by atoms with van der Waals surface area (Å²) in [4.78, 5) is 11.0. The van der Waals surface area contributed by atoms with E-state index in [2.05, 4.69) is 10.6 Å². The number of hydrogen-bond donors (Lipinski definition) is 2. The van der Waals surface area contributed by atoms with Crippen LogP contribution in [0.15, 0.2) is 18.2 Å². The molecule has 1 amide bonds. The highest BCUT2D eigenvalue weighted by atomic mass is 19.2. The van der Waals surface area contributed by atoms with Crippen molar-refractivity contribution in [3.05, 3.63) is 35.4 Å². The lowest BCUT2D eigenvalue weighted by molar-refractivity contribution is -0.120. The van der Waals surface area contributed by atoms with Crippen molar-refractivity contribution in [3.8, 4) is 0 Å². The number of carbonyl (C=O) groups is 1. The van der Waals surface area contributed by atoms with Crippen molar-refractivity contribution in [2.75, 3.05) is 13.6 Å². The topological polar surface area (TPSA) is 41.1 Å². The fraction of sp³-hybridized carbons (Fsp3) is 0.417. The van der Waals surface area contributed by atoms with Crippen molar-refractivity contribution in [3.63, 3.8) is 0 Å². The predicted molar refractivity (Wildman–Crippen MR) is 61.5 cm³/mol. The van der Waals surface area contributed by atoms with Gasteiger partial charge in [0.05, 0.1) is 0 Å². The number of nitrogens with one attached hydrogen (secondary N) is 2. The van der Waals surface area contributed by atoms with Crippen LogP contribution in [0.25, 0.3) is 0 Å². The molecule has 0 spiro atoms. The smallest absolute Gasteiger partial charge is 0.221 e. The minimum Gasteiger partial charge on any atom is -0.359 e. The van der Waals surface area contributed by atoms with Gasteiger partial charge in [0.2, 0.25) is 5.91 Å². The number of rotatable bonds is 5. The Morgan fingerprint density at radius 3 is 2.65 bits per heavy atom. The van der Waals surface area contributed by atoms with Gasteiger partial charge in [-0.15, -0.1) is 0 Å². The molecule has 0 saturated carbocycles. The SMILES string of the molecule is CNC(=O)CCNC(C)c1ccc(F)c(F)c1. The average Bonchev–Trinajstić information content (AvgIpc) is 2.32. The summed E-state index contributed by atoms with van der Waals surface area (Å²) in [6.45, 7) is 2.32. The molecule has 1 rings (SSSR count). The van der Waals surface area contributed by atoms with Gasteiger partial charge in [0, 0.05) is 26.1 Å². The molecule has 0 radical (unpaired) electrons. The van der Waals surface area contributed by atoms with Crippen LogP contribution in [-0.2, 0) is 4.79 Å². The van der Waals surface area contributed by atoms with Gasteiger partial charge in [0.1, 0.15) is 0 Å². The van der Waals surface area contributed by atoms with Gasteiger partial charge in [-0.25, -0.2) is 8.78 Å². The Bertz CT molecular complexity index is 396. The molecule has 2 N–H and O–H groups in total. The largest absolute Gasteiger partial charge is 0.359 e. The van der Waals surface area contributed by atoms with Crippen LogP contribution in [0, 0.1) is 11.6 Å². The molecule has 0 heterocycles. The Labute approximate surface area is 99.2 Å². The molecule has 5 heteroatoms. The molecular weight excluding hydrogens is 226 g/mol. The molecule has 0 bridgehead atoms. The Morgan fingerprint density at radius 2 is 2.06 bits per heavy atom. The summed E-state index contributed by atoms with van der Waals surface area (Å²) in [6, 6.07) is 3.65. The first kappa shape index (κ1) is 13.6. The van der Waals surface area contributed by atoms with Crippen LogP contribution >= 0.6 is 0 Å². The molecule has 0 aromatic heterocycles. The van der Waals surface area contributed by atoms with E-state index in [1.807, 2.05) is 6.92 Å². The average molecular weight is 242 g/mol. The lowest BCUT2D eigenvalue weighted by atomic mass is 10.1. The van der Waals surface area contributed by atoms with Crippen LogP contribution in [-0.4, -0.2) is 19.5 Å². The monoisotopic (exact) mass is 242 g/mol. The first-order valence-electron chi connectivity index (χ1n) is 5.43. The molecule has 1 atom stereocenters. The number of amides is 1. The van der Waals surface area contributed by atoms with Crippen molar-refractivity contribution in [2.24, 2.45) is 0 Å². The molecule has 0 aliphatic rings. The van der Waals surface area contributed by atoms with E-state index in [4.69, 9.17) is 0 Å². The standard InChI is InChI=1S/C12H16F2N2O/c1-8(16-6-5-12(17)15-2)9-3-4-10(13)11(14)7-9/h3-4,7-8,16H,5-6H2,1-2H3,(H,15,17). The summed E-state index contributed by atoms with van der Waals surface area (Å²) >= 11 is 0. The number of hydrogen-bond acceptors (Lipinski definition) is 2. The zero-order valence-corrected chi connectivity index (χ0v) is 9.89. The van der Waals surface area contributed by atoms with E-state index in [0.29, 0.717) is 18.5 Å². The van der Waals surface area contributed by atoms with Gasteiger partial charge in [0.25, 0.3) is 0 Å². The summed E-state index contributed by atoms with van der Waals surface area (Å²) in [5, 5.41) is 5.57. The first-order chi connectivity index (χ1) is 8.04. The highest BCUT2D eigenvalue weighted by Crippen LogP contribution is 2.15. The third kappa shape index (κ3) is 4.11. The highest BCUT2D eigenvalue weighted by molar-refractivity contribution is 5.75. The second-order valence-electron chi connectivity index (χ2n) is 3.77. The van der Waals surface area contributed by atoms with E-state index in [0.717, 1.165) is 12.1 Å². The molecule has 17 heavy (non-hydrogen) atoms. The van der Waals surface area contributed by atoms with Gasteiger partial charge in [-0.3, -0.25) is 4.79 Å². The maximum absolute atomic E-state index is 13.0. The molecule has 0 aliphatic carbocycles. The lowest BCUT2D eigenvalue weighted by Crippen LogP contribution is -2.26. The van der Waals surface area contributed by atoms with Crippen LogP contribution in [0.2, 0.25) is 0 Å². The quantitative estimate of drug-likeness (QED) is 0.826. The first-order valence-corrected chi connectivity index (χ1v) is 5.43. The molecule has 0 saturated heterocycles.